The summed E-state index contributed by atoms with van der Waals surface area (Å²) in [7, 11) is 1.85. The molecule has 108 valence electrons. The van der Waals surface area contributed by atoms with Gasteiger partial charge in [-0.2, -0.15) is 0 Å². The maximum Gasteiger partial charge on any atom is 0.174 e. The summed E-state index contributed by atoms with van der Waals surface area (Å²) in [6.07, 6.45) is 1.62. The van der Waals surface area contributed by atoms with E-state index in [0.29, 0.717) is 27.1 Å². The first-order valence-corrected chi connectivity index (χ1v) is 7.65. The summed E-state index contributed by atoms with van der Waals surface area (Å²) < 4.78 is 11.4. The number of benzene rings is 1. The van der Waals surface area contributed by atoms with Crippen molar-refractivity contribution in [2.75, 3.05) is 13.7 Å². The molecule has 1 aromatic carbocycles. The van der Waals surface area contributed by atoms with Crippen LogP contribution in [0.3, 0.4) is 0 Å². The standard InChI is InChI=1S/C14H14BrCl2NO2/c1-3-19-12-7-10(16)9(6-11(12)17)13(18-2)8-4-5-20-14(8)15/h4-7,13,18H,3H2,1-2H3. The minimum atomic E-state index is -0.121. The van der Waals surface area contributed by atoms with Crippen LogP contribution in [0.1, 0.15) is 24.1 Å². The Morgan fingerprint density at radius 3 is 2.60 bits per heavy atom. The highest BCUT2D eigenvalue weighted by Crippen LogP contribution is 2.38. The van der Waals surface area contributed by atoms with E-state index in [1.807, 2.05) is 26.1 Å². The normalized spacial score (nSPS) is 12.4. The molecule has 1 aromatic heterocycles. The molecular weight excluding hydrogens is 365 g/mol. The van der Waals surface area contributed by atoms with Crippen molar-refractivity contribution in [3.63, 3.8) is 0 Å². The molecule has 0 radical (unpaired) electrons. The van der Waals surface area contributed by atoms with Gasteiger partial charge in [-0.1, -0.05) is 23.2 Å². The van der Waals surface area contributed by atoms with Crippen molar-refractivity contribution in [3.8, 4) is 5.75 Å². The van der Waals surface area contributed by atoms with E-state index in [-0.39, 0.29) is 6.04 Å². The quantitative estimate of drug-likeness (QED) is 0.789. The molecule has 3 nitrogen and oxygen atoms in total. The van der Waals surface area contributed by atoms with Crippen molar-refractivity contribution < 1.29 is 9.15 Å². The van der Waals surface area contributed by atoms with Gasteiger partial charge in [0.2, 0.25) is 0 Å². The number of hydrogen-bond donors (Lipinski definition) is 1. The molecule has 1 N–H and O–H groups in total. The van der Waals surface area contributed by atoms with Crippen LogP contribution in [-0.4, -0.2) is 13.7 Å². The molecular formula is C14H14BrCl2NO2. The van der Waals surface area contributed by atoms with E-state index in [0.717, 1.165) is 11.1 Å². The number of furan rings is 1. The van der Waals surface area contributed by atoms with E-state index in [1.165, 1.54) is 0 Å². The van der Waals surface area contributed by atoms with Crippen LogP contribution in [0.4, 0.5) is 0 Å². The summed E-state index contributed by atoms with van der Waals surface area (Å²) in [5, 5.41) is 4.33. The highest BCUT2D eigenvalue weighted by Gasteiger charge is 2.21. The third kappa shape index (κ3) is 3.14. The summed E-state index contributed by atoms with van der Waals surface area (Å²) >= 11 is 16.0. The van der Waals surface area contributed by atoms with Gasteiger partial charge in [0.1, 0.15) is 5.75 Å². The molecule has 1 atom stereocenters. The van der Waals surface area contributed by atoms with Crippen molar-refractivity contribution in [1.29, 1.82) is 0 Å². The maximum absolute atomic E-state index is 6.36. The van der Waals surface area contributed by atoms with Crippen LogP contribution in [0.2, 0.25) is 10.0 Å². The minimum Gasteiger partial charge on any atom is -0.492 e. The fourth-order valence-corrected chi connectivity index (χ4v) is 2.98. The number of halogens is 3. The van der Waals surface area contributed by atoms with Gasteiger partial charge in [-0.15, -0.1) is 0 Å². The van der Waals surface area contributed by atoms with Crippen LogP contribution < -0.4 is 10.1 Å². The van der Waals surface area contributed by atoms with E-state index < -0.39 is 0 Å². The fraction of sp³-hybridized carbons (Fsp3) is 0.286. The summed E-state index contributed by atoms with van der Waals surface area (Å²) in [4.78, 5) is 0. The van der Waals surface area contributed by atoms with Crippen LogP contribution in [0, 0.1) is 0 Å². The topological polar surface area (TPSA) is 34.4 Å². The lowest BCUT2D eigenvalue weighted by atomic mass is 10.0. The van der Waals surface area contributed by atoms with Crippen LogP contribution in [0.15, 0.2) is 33.5 Å². The van der Waals surface area contributed by atoms with Gasteiger partial charge in [0, 0.05) is 16.7 Å². The van der Waals surface area contributed by atoms with E-state index >= 15 is 0 Å². The Balaban J connectivity index is 2.45. The SMILES string of the molecule is CCOc1cc(Cl)c(C(NC)c2ccoc2Br)cc1Cl. The van der Waals surface area contributed by atoms with E-state index in [4.69, 9.17) is 32.4 Å². The zero-order valence-corrected chi connectivity index (χ0v) is 14.1. The lowest BCUT2D eigenvalue weighted by Gasteiger charge is -2.19. The minimum absolute atomic E-state index is 0.121. The highest BCUT2D eigenvalue weighted by atomic mass is 79.9. The summed E-state index contributed by atoms with van der Waals surface area (Å²) in [6.45, 7) is 2.44. The Bertz CT molecular complexity index is 601. The van der Waals surface area contributed by atoms with Crippen molar-refractivity contribution in [1.82, 2.24) is 5.32 Å². The Kier molecular flexibility index (Phi) is 5.38. The van der Waals surface area contributed by atoms with E-state index in [9.17, 15) is 0 Å². The second kappa shape index (κ2) is 6.85. The van der Waals surface area contributed by atoms with Gasteiger partial charge < -0.3 is 14.5 Å². The molecule has 2 rings (SSSR count). The number of ether oxygens (including phenoxy) is 1. The highest BCUT2D eigenvalue weighted by molar-refractivity contribution is 9.10. The van der Waals surface area contributed by atoms with Crippen molar-refractivity contribution >= 4 is 39.1 Å². The van der Waals surface area contributed by atoms with Crippen LogP contribution in [-0.2, 0) is 0 Å². The first-order valence-electron chi connectivity index (χ1n) is 6.10. The van der Waals surface area contributed by atoms with Gasteiger partial charge in [0.05, 0.1) is 23.9 Å². The van der Waals surface area contributed by atoms with Gasteiger partial charge in [-0.25, -0.2) is 0 Å². The molecule has 0 aliphatic rings. The van der Waals surface area contributed by atoms with Gasteiger partial charge in [0.25, 0.3) is 0 Å². The zero-order chi connectivity index (χ0) is 14.7. The third-order valence-corrected chi connectivity index (χ3v) is 4.18. The Morgan fingerprint density at radius 2 is 2.05 bits per heavy atom. The molecule has 20 heavy (non-hydrogen) atoms. The van der Waals surface area contributed by atoms with E-state index in [2.05, 4.69) is 21.2 Å². The Morgan fingerprint density at radius 1 is 1.30 bits per heavy atom. The fourth-order valence-electron chi connectivity index (χ4n) is 2.02. The lowest BCUT2D eigenvalue weighted by Crippen LogP contribution is -2.18. The maximum atomic E-state index is 6.36. The average Bonchev–Trinajstić information content (AvgIpc) is 2.83. The Hall–Kier alpha value is -0.680. The molecule has 1 heterocycles. The first-order chi connectivity index (χ1) is 9.58. The third-order valence-electron chi connectivity index (χ3n) is 2.91. The van der Waals surface area contributed by atoms with Crippen molar-refractivity contribution in [3.05, 3.63) is 50.3 Å². The second-order valence-corrected chi connectivity index (χ2v) is 5.64. The molecule has 0 bridgehead atoms. The monoisotopic (exact) mass is 377 g/mol. The van der Waals surface area contributed by atoms with Crippen LogP contribution in [0.5, 0.6) is 5.75 Å². The van der Waals surface area contributed by atoms with Crippen molar-refractivity contribution in [2.24, 2.45) is 0 Å². The molecule has 0 aliphatic heterocycles. The second-order valence-electron chi connectivity index (χ2n) is 4.11. The largest absolute Gasteiger partial charge is 0.492 e. The predicted molar refractivity (Wildman–Crippen MR) is 84.9 cm³/mol. The van der Waals surface area contributed by atoms with Gasteiger partial charge in [-0.05, 0) is 47.6 Å². The molecule has 1 unspecified atom stereocenters. The molecule has 0 spiro atoms. The number of hydrogen-bond acceptors (Lipinski definition) is 3. The first kappa shape index (κ1) is 15.7. The summed E-state index contributed by atoms with van der Waals surface area (Å²) in [5.41, 5.74) is 1.82. The van der Waals surface area contributed by atoms with Gasteiger partial charge in [-0.3, -0.25) is 0 Å². The van der Waals surface area contributed by atoms with Crippen molar-refractivity contribution in [2.45, 2.75) is 13.0 Å². The summed E-state index contributed by atoms with van der Waals surface area (Å²) in [5.74, 6) is 0.587. The lowest BCUT2D eigenvalue weighted by molar-refractivity contribution is 0.340. The zero-order valence-electron chi connectivity index (χ0n) is 11.0. The van der Waals surface area contributed by atoms with Crippen LogP contribution in [0.25, 0.3) is 0 Å². The average molecular weight is 379 g/mol. The van der Waals surface area contributed by atoms with E-state index in [1.54, 1.807) is 12.3 Å². The summed E-state index contributed by atoms with van der Waals surface area (Å²) in [6, 6.07) is 5.31. The molecule has 0 aliphatic carbocycles. The smallest absolute Gasteiger partial charge is 0.174 e. The molecule has 0 saturated carbocycles. The Labute approximate surface area is 136 Å². The molecule has 2 aromatic rings. The molecule has 6 heteroatoms. The van der Waals surface area contributed by atoms with Gasteiger partial charge in [0.15, 0.2) is 4.67 Å². The number of nitrogens with one attached hydrogen (secondary N) is 1. The molecule has 0 amide bonds. The van der Waals surface area contributed by atoms with Crippen LogP contribution >= 0.6 is 39.1 Å². The van der Waals surface area contributed by atoms with Gasteiger partial charge >= 0.3 is 0 Å². The predicted octanol–water partition coefficient (Wildman–Crippen LogP) is 5.06. The number of rotatable bonds is 5. The molecule has 0 fully saturated rings. The molecule has 0 saturated heterocycles.